The second kappa shape index (κ2) is 8.64. The Bertz CT molecular complexity index is 1060. The van der Waals surface area contributed by atoms with Crippen molar-refractivity contribution in [2.24, 2.45) is 0 Å². The fourth-order valence-electron chi connectivity index (χ4n) is 4.18. The first kappa shape index (κ1) is 21.9. The average Bonchev–Trinajstić information content (AvgIpc) is 3.17. The Morgan fingerprint density at radius 3 is 2.23 bits per heavy atom. The number of hydrogen-bond donors (Lipinski definition) is 1. The first-order chi connectivity index (χ1) is 14.8. The normalized spacial score (nSPS) is 18.8. The van der Waals surface area contributed by atoms with E-state index in [4.69, 9.17) is 0 Å². The van der Waals surface area contributed by atoms with Crippen molar-refractivity contribution in [2.75, 3.05) is 30.7 Å². The number of amides is 2. The quantitative estimate of drug-likeness (QED) is 0.760. The molecule has 2 saturated heterocycles. The van der Waals surface area contributed by atoms with E-state index in [2.05, 4.69) is 5.32 Å². The minimum atomic E-state index is -3.64. The fraction of sp³-hybridized carbons (Fsp3) is 0.364. The summed E-state index contributed by atoms with van der Waals surface area (Å²) in [5, 5.41) is 2.64. The van der Waals surface area contributed by atoms with E-state index in [1.165, 1.54) is 23.4 Å². The van der Waals surface area contributed by atoms with E-state index in [1.54, 1.807) is 23.9 Å². The van der Waals surface area contributed by atoms with Gasteiger partial charge in [-0.1, -0.05) is 18.2 Å². The molecular formula is C22H25N3O4S2. The lowest BCUT2D eigenvalue weighted by atomic mass is 10.0. The van der Waals surface area contributed by atoms with E-state index in [0.29, 0.717) is 43.7 Å². The van der Waals surface area contributed by atoms with Crippen molar-refractivity contribution in [3.8, 4) is 0 Å². The molecule has 2 aliphatic rings. The van der Waals surface area contributed by atoms with Gasteiger partial charge in [-0.25, -0.2) is 8.42 Å². The molecule has 2 aromatic carbocycles. The molecule has 2 amide bonds. The van der Waals surface area contributed by atoms with E-state index in [1.807, 2.05) is 35.2 Å². The van der Waals surface area contributed by atoms with Crippen LogP contribution in [-0.4, -0.2) is 59.7 Å². The summed E-state index contributed by atoms with van der Waals surface area (Å²) in [6.45, 7) is 2.81. The van der Waals surface area contributed by atoms with Crippen LogP contribution in [0.25, 0.3) is 0 Å². The number of benzene rings is 2. The first-order valence-corrected chi connectivity index (χ1v) is 12.6. The van der Waals surface area contributed by atoms with E-state index < -0.39 is 10.0 Å². The predicted molar refractivity (Wildman–Crippen MR) is 121 cm³/mol. The third-order valence-electron chi connectivity index (χ3n) is 5.76. The van der Waals surface area contributed by atoms with Gasteiger partial charge in [0.1, 0.15) is 0 Å². The molecule has 0 saturated carbocycles. The highest BCUT2D eigenvalue weighted by atomic mass is 32.2. The van der Waals surface area contributed by atoms with E-state index in [-0.39, 0.29) is 21.6 Å². The molecule has 0 aliphatic carbocycles. The van der Waals surface area contributed by atoms with Crippen molar-refractivity contribution in [2.45, 2.75) is 29.5 Å². The summed E-state index contributed by atoms with van der Waals surface area (Å²) in [5.74, 6) is 0.659. The number of thioether (sulfide) groups is 1. The zero-order valence-corrected chi connectivity index (χ0v) is 18.9. The number of rotatable bonds is 4. The number of nitrogens with one attached hydrogen (secondary N) is 1. The first-order valence-electron chi connectivity index (χ1n) is 10.2. The smallest absolute Gasteiger partial charge is 0.254 e. The Balaban J connectivity index is 1.47. The molecule has 0 atom stereocenters. The van der Waals surface area contributed by atoms with Crippen LogP contribution in [-0.2, 0) is 14.8 Å². The maximum Gasteiger partial charge on any atom is 0.254 e. The van der Waals surface area contributed by atoms with Gasteiger partial charge in [-0.15, -0.1) is 11.8 Å². The van der Waals surface area contributed by atoms with Crippen LogP contribution in [0.1, 0.15) is 30.1 Å². The van der Waals surface area contributed by atoms with Gasteiger partial charge >= 0.3 is 0 Å². The highest BCUT2D eigenvalue weighted by Gasteiger charge is 2.48. The van der Waals surface area contributed by atoms with Gasteiger partial charge in [0.2, 0.25) is 15.9 Å². The average molecular weight is 460 g/mol. The maximum atomic E-state index is 13.1. The predicted octanol–water partition coefficient (Wildman–Crippen LogP) is 3.02. The van der Waals surface area contributed by atoms with E-state index in [0.717, 1.165) is 5.75 Å². The SMILES string of the molecule is CC(=O)Nc1ccc(S(=O)(=O)N2CCC3(CC2)SCCN3C(=O)c2ccccc2)cc1. The number of anilines is 1. The van der Waals surface area contributed by atoms with Crippen molar-refractivity contribution in [3.63, 3.8) is 0 Å². The molecule has 0 bridgehead atoms. The fourth-order valence-corrected chi connectivity index (χ4v) is 7.08. The summed E-state index contributed by atoms with van der Waals surface area (Å²) in [5.41, 5.74) is 1.22. The van der Waals surface area contributed by atoms with Crippen LogP contribution < -0.4 is 5.32 Å². The van der Waals surface area contributed by atoms with Crippen LogP contribution in [0.15, 0.2) is 59.5 Å². The molecule has 1 spiro atoms. The van der Waals surface area contributed by atoms with Gasteiger partial charge in [-0.3, -0.25) is 9.59 Å². The minimum absolute atomic E-state index is 0.00969. The monoisotopic (exact) mass is 459 g/mol. The second-order valence-corrected chi connectivity index (χ2v) is 11.1. The number of nitrogens with zero attached hydrogens (tertiary/aromatic N) is 2. The van der Waals surface area contributed by atoms with Gasteiger partial charge in [-0.05, 0) is 49.2 Å². The number of carbonyl (C=O) groups is 2. The molecule has 31 heavy (non-hydrogen) atoms. The van der Waals surface area contributed by atoms with Crippen LogP contribution in [0.2, 0.25) is 0 Å². The van der Waals surface area contributed by atoms with Crippen LogP contribution in [0.3, 0.4) is 0 Å². The van der Waals surface area contributed by atoms with Gasteiger partial charge in [0.25, 0.3) is 5.91 Å². The molecule has 164 valence electrons. The van der Waals surface area contributed by atoms with Crippen LogP contribution in [0, 0.1) is 0 Å². The molecule has 2 aliphatic heterocycles. The summed E-state index contributed by atoms with van der Waals surface area (Å²) in [4.78, 5) is 26.0. The second-order valence-electron chi connectivity index (χ2n) is 7.73. The Hall–Kier alpha value is -2.36. The summed E-state index contributed by atoms with van der Waals surface area (Å²) in [7, 11) is -3.64. The molecule has 2 fully saturated rings. The van der Waals surface area contributed by atoms with Crippen molar-refractivity contribution in [3.05, 3.63) is 60.2 Å². The molecular weight excluding hydrogens is 434 g/mol. The van der Waals surface area contributed by atoms with E-state index in [9.17, 15) is 18.0 Å². The topological polar surface area (TPSA) is 86.8 Å². The van der Waals surface area contributed by atoms with E-state index >= 15 is 0 Å². The van der Waals surface area contributed by atoms with Gasteiger partial charge in [-0.2, -0.15) is 4.31 Å². The lowest BCUT2D eigenvalue weighted by Gasteiger charge is -2.43. The van der Waals surface area contributed by atoms with Crippen molar-refractivity contribution in [1.29, 1.82) is 0 Å². The maximum absolute atomic E-state index is 13.1. The molecule has 2 aromatic rings. The minimum Gasteiger partial charge on any atom is -0.326 e. The zero-order valence-electron chi connectivity index (χ0n) is 17.3. The number of sulfonamides is 1. The summed E-state index contributed by atoms with van der Waals surface area (Å²) >= 11 is 1.76. The van der Waals surface area contributed by atoms with Crippen molar-refractivity contribution >= 4 is 39.3 Å². The van der Waals surface area contributed by atoms with Gasteiger partial charge in [0, 0.05) is 43.6 Å². The van der Waals surface area contributed by atoms with Crippen molar-refractivity contribution in [1.82, 2.24) is 9.21 Å². The Labute approximate surface area is 186 Å². The Morgan fingerprint density at radius 1 is 0.968 bits per heavy atom. The van der Waals surface area contributed by atoms with Crippen LogP contribution >= 0.6 is 11.8 Å². The molecule has 0 radical (unpaired) electrons. The Kier molecular flexibility index (Phi) is 6.09. The molecule has 0 aromatic heterocycles. The molecule has 9 heteroatoms. The van der Waals surface area contributed by atoms with Gasteiger partial charge in [0.05, 0.1) is 9.77 Å². The standard InChI is InChI=1S/C22H25N3O4S2/c1-17(26)23-19-7-9-20(10-8-19)31(28,29)24-13-11-22(12-14-24)25(15-16-30-22)21(27)18-5-3-2-4-6-18/h2-10H,11-16H2,1H3,(H,23,26). The zero-order chi connectivity index (χ0) is 22.1. The van der Waals surface area contributed by atoms with Gasteiger partial charge < -0.3 is 10.2 Å². The van der Waals surface area contributed by atoms with Crippen LogP contribution in [0.5, 0.6) is 0 Å². The highest BCUT2D eigenvalue weighted by Crippen LogP contribution is 2.45. The number of hydrogen-bond acceptors (Lipinski definition) is 5. The van der Waals surface area contributed by atoms with Gasteiger partial charge in [0.15, 0.2) is 0 Å². The highest BCUT2D eigenvalue weighted by molar-refractivity contribution is 8.00. The lowest BCUT2D eigenvalue weighted by molar-refractivity contribution is -0.114. The summed E-state index contributed by atoms with van der Waals surface area (Å²) in [6, 6.07) is 15.5. The third kappa shape index (κ3) is 4.35. The summed E-state index contributed by atoms with van der Waals surface area (Å²) < 4.78 is 27.7. The molecule has 4 rings (SSSR count). The third-order valence-corrected chi connectivity index (χ3v) is 9.23. The molecule has 2 heterocycles. The van der Waals surface area contributed by atoms with Crippen LogP contribution in [0.4, 0.5) is 5.69 Å². The summed E-state index contributed by atoms with van der Waals surface area (Å²) in [6.07, 6.45) is 1.19. The largest absolute Gasteiger partial charge is 0.326 e. The molecule has 7 nitrogen and oxygen atoms in total. The molecule has 0 unspecified atom stereocenters. The Morgan fingerprint density at radius 2 is 1.61 bits per heavy atom. The molecule has 1 N–H and O–H groups in total. The van der Waals surface area contributed by atoms with Crippen molar-refractivity contribution < 1.29 is 18.0 Å². The number of piperidine rings is 1. The number of carbonyl (C=O) groups excluding carboxylic acids is 2. The lowest BCUT2D eigenvalue weighted by Crippen LogP contribution is -2.53.